The molecule has 0 aliphatic heterocycles. The summed E-state index contributed by atoms with van der Waals surface area (Å²) >= 11 is 3.47. The fourth-order valence-corrected chi connectivity index (χ4v) is 4.11. The fourth-order valence-electron chi connectivity index (χ4n) is 2.60. The predicted molar refractivity (Wildman–Crippen MR) is 89.4 cm³/mol. The lowest BCUT2D eigenvalue weighted by molar-refractivity contribution is 0.103. The molecule has 1 aliphatic rings. The van der Waals surface area contributed by atoms with Crippen LogP contribution in [0.2, 0.25) is 0 Å². The first-order chi connectivity index (χ1) is 9.77. The zero-order chi connectivity index (χ0) is 14.1. The normalized spacial score (nSPS) is 12.9. The second kappa shape index (κ2) is 5.51. The highest BCUT2D eigenvalue weighted by Crippen LogP contribution is 2.43. The van der Waals surface area contributed by atoms with Gasteiger partial charge in [-0.15, -0.1) is 23.5 Å². The van der Waals surface area contributed by atoms with E-state index in [1.807, 2.05) is 48.5 Å². The summed E-state index contributed by atoms with van der Waals surface area (Å²) in [6, 6.07) is 15.8. The van der Waals surface area contributed by atoms with E-state index < -0.39 is 0 Å². The molecule has 3 rings (SSSR count). The Balaban J connectivity index is 2.39. The molecule has 0 amide bonds. The molecule has 0 heterocycles. The van der Waals surface area contributed by atoms with Gasteiger partial charge in [-0.3, -0.25) is 4.79 Å². The third kappa shape index (κ3) is 2.02. The first-order valence-corrected chi connectivity index (χ1v) is 8.78. The third-order valence-corrected chi connectivity index (χ3v) is 5.61. The smallest absolute Gasteiger partial charge is 0.194 e. The summed E-state index contributed by atoms with van der Waals surface area (Å²) in [6.45, 7) is 0. The van der Waals surface area contributed by atoms with Crippen molar-refractivity contribution in [3.63, 3.8) is 0 Å². The van der Waals surface area contributed by atoms with Gasteiger partial charge in [-0.1, -0.05) is 48.5 Å². The minimum Gasteiger partial charge on any atom is -0.289 e. The van der Waals surface area contributed by atoms with Crippen LogP contribution in [0.3, 0.4) is 0 Å². The Morgan fingerprint density at radius 1 is 0.750 bits per heavy atom. The van der Waals surface area contributed by atoms with Crippen molar-refractivity contribution in [3.8, 4) is 0 Å². The molecule has 0 aromatic heterocycles. The van der Waals surface area contributed by atoms with Gasteiger partial charge in [0.15, 0.2) is 5.78 Å². The van der Waals surface area contributed by atoms with E-state index in [2.05, 4.69) is 12.5 Å². The number of fused-ring (bicyclic) bond motifs is 2. The predicted octanol–water partition coefficient (Wildman–Crippen LogP) is 4.67. The summed E-state index contributed by atoms with van der Waals surface area (Å²) < 4.78 is 1.25. The van der Waals surface area contributed by atoms with Gasteiger partial charge in [0.25, 0.3) is 0 Å². The molecule has 0 radical (unpaired) electrons. The Bertz CT molecular complexity index is 659. The van der Waals surface area contributed by atoms with Gasteiger partial charge in [0.2, 0.25) is 0 Å². The molecule has 3 heteroatoms. The van der Waals surface area contributed by atoms with Crippen molar-refractivity contribution in [2.24, 2.45) is 0 Å². The number of thioether (sulfide) groups is 2. The molecular formula is C17H14OS2. The van der Waals surface area contributed by atoms with Crippen LogP contribution in [-0.2, 0) is 0 Å². The Labute approximate surface area is 127 Å². The number of ketones is 1. The average molecular weight is 298 g/mol. The van der Waals surface area contributed by atoms with E-state index >= 15 is 0 Å². The Kier molecular flexibility index (Phi) is 3.72. The number of hydrogen-bond donors (Lipinski definition) is 0. The van der Waals surface area contributed by atoms with Crippen LogP contribution >= 0.6 is 23.5 Å². The van der Waals surface area contributed by atoms with Gasteiger partial charge >= 0.3 is 0 Å². The summed E-state index contributed by atoms with van der Waals surface area (Å²) in [6.07, 6.45) is 4.17. The number of benzene rings is 2. The largest absolute Gasteiger partial charge is 0.289 e. The minimum absolute atomic E-state index is 0.126. The molecule has 0 atom stereocenters. The van der Waals surface area contributed by atoms with Gasteiger partial charge < -0.3 is 0 Å². The standard InChI is InChI=1S/C17H14OS2/c1-19-17(20-2)15-11-7-3-5-9-13(11)16(18)14-10-6-4-8-12(14)15/h3-10H,1-2H3. The van der Waals surface area contributed by atoms with Crippen LogP contribution in [0.5, 0.6) is 0 Å². The minimum atomic E-state index is 0.126. The van der Waals surface area contributed by atoms with E-state index in [1.165, 1.54) is 9.81 Å². The summed E-state index contributed by atoms with van der Waals surface area (Å²) in [7, 11) is 0. The molecule has 0 unspecified atom stereocenters. The van der Waals surface area contributed by atoms with E-state index in [0.717, 1.165) is 22.3 Å². The van der Waals surface area contributed by atoms with Crippen LogP contribution in [0.4, 0.5) is 0 Å². The SMILES string of the molecule is CSC(SC)=C1c2ccccc2C(=O)c2ccccc21. The van der Waals surface area contributed by atoms with E-state index in [1.54, 1.807) is 23.5 Å². The third-order valence-electron chi connectivity index (χ3n) is 3.46. The highest BCUT2D eigenvalue weighted by atomic mass is 32.2. The molecule has 2 aromatic carbocycles. The first-order valence-electron chi connectivity index (χ1n) is 6.33. The molecule has 1 nitrogen and oxygen atoms in total. The molecule has 0 spiro atoms. The lowest BCUT2D eigenvalue weighted by Gasteiger charge is -2.23. The second-order valence-corrected chi connectivity index (χ2v) is 6.38. The highest BCUT2D eigenvalue weighted by Gasteiger charge is 2.27. The van der Waals surface area contributed by atoms with E-state index in [0.29, 0.717) is 0 Å². The van der Waals surface area contributed by atoms with Gasteiger partial charge in [-0.2, -0.15) is 0 Å². The monoisotopic (exact) mass is 298 g/mol. The number of hydrogen-bond acceptors (Lipinski definition) is 3. The van der Waals surface area contributed by atoms with E-state index in [4.69, 9.17) is 0 Å². The molecule has 0 saturated heterocycles. The molecule has 0 bridgehead atoms. The lowest BCUT2D eigenvalue weighted by atomic mass is 9.82. The average Bonchev–Trinajstić information content (AvgIpc) is 2.51. The van der Waals surface area contributed by atoms with Crippen LogP contribution < -0.4 is 0 Å². The Hall–Kier alpha value is -1.45. The van der Waals surface area contributed by atoms with Crippen LogP contribution in [0.25, 0.3) is 5.57 Å². The molecular weight excluding hydrogens is 284 g/mol. The van der Waals surface area contributed by atoms with E-state index in [-0.39, 0.29) is 5.78 Å². The molecule has 1 aliphatic carbocycles. The maximum absolute atomic E-state index is 12.6. The maximum Gasteiger partial charge on any atom is 0.194 e. The van der Waals surface area contributed by atoms with Crippen LogP contribution in [-0.4, -0.2) is 18.3 Å². The number of carbonyl (C=O) groups is 1. The molecule has 0 saturated carbocycles. The van der Waals surface area contributed by atoms with Crippen LogP contribution in [0.1, 0.15) is 27.0 Å². The first kappa shape index (κ1) is 13.5. The van der Waals surface area contributed by atoms with Crippen LogP contribution in [0, 0.1) is 0 Å². The highest BCUT2D eigenvalue weighted by molar-refractivity contribution is 8.21. The van der Waals surface area contributed by atoms with Crippen molar-refractivity contribution in [1.82, 2.24) is 0 Å². The number of rotatable bonds is 2. The van der Waals surface area contributed by atoms with Crippen molar-refractivity contribution in [2.75, 3.05) is 12.5 Å². The quantitative estimate of drug-likeness (QED) is 0.684. The van der Waals surface area contributed by atoms with Gasteiger partial charge in [0, 0.05) is 20.9 Å². The van der Waals surface area contributed by atoms with Crippen molar-refractivity contribution < 1.29 is 4.79 Å². The zero-order valence-electron chi connectivity index (χ0n) is 11.3. The Morgan fingerprint density at radius 3 is 1.55 bits per heavy atom. The van der Waals surface area contributed by atoms with Crippen molar-refractivity contribution >= 4 is 34.9 Å². The molecule has 0 fully saturated rings. The van der Waals surface area contributed by atoms with E-state index in [9.17, 15) is 4.79 Å². The van der Waals surface area contributed by atoms with Crippen LogP contribution in [0.15, 0.2) is 52.8 Å². The summed E-state index contributed by atoms with van der Waals surface area (Å²) in [4.78, 5) is 12.6. The summed E-state index contributed by atoms with van der Waals surface area (Å²) in [5.41, 5.74) is 4.91. The van der Waals surface area contributed by atoms with Gasteiger partial charge in [-0.25, -0.2) is 0 Å². The topological polar surface area (TPSA) is 17.1 Å². The molecule has 2 aromatic rings. The summed E-state index contributed by atoms with van der Waals surface area (Å²) in [5, 5.41) is 0. The van der Waals surface area contributed by atoms with Crippen molar-refractivity contribution in [1.29, 1.82) is 0 Å². The lowest BCUT2D eigenvalue weighted by Crippen LogP contribution is -2.14. The molecule has 100 valence electrons. The van der Waals surface area contributed by atoms with Gasteiger partial charge in [0.05, 0.1) is 0 Å². The molecule has 20 heavy (non-hydrogen) atoms. The van der Waals surface area contributed by atoms with Gasteiger partial charge in [-0.05, 0) is 23.6 Å². The second-order valence-electron chi connectivity index (χ2n) is 4.49. The van der Waals surface area contributed by atoms with Crippen molar-refractivity contribution in [2.45, 2.75) is 0 Å². The number of carbonyl (C=O) groups excluding carboxylic acids is 1. The summed E-state index contributed by atoms with van der Waals surface area (Å²) in [5.74, 6) is 0.126. The Morgan fingerprint density at radius 2 is 1.15 bits per heavy atom. The van der Waals surface area contributed by atoms with Gasteiger partial charge in [0.1, 0.15) is 0 Å². The molecule has 0 N–H and O–H groups in total. The maximum atomic E-state index is 12.6. The van der Waals surface area contributed by atoms with Crippen molar-refractivity contribution in [3.05, 3.63) is 75.0 Å². The fraction of sp³-hybridized carbons (Fsp3) is 0.118. The zero-order valence-corrected chi connectivity index (χ0v) is 13.0.